The van der Waals surface area contributed by atoms with Crippen LogP contribution < -0.4 is 0 Å². The molecule has 0 amide bonds. The summed E-state index contributed by atoms with van der Waals surface area (Å²) in [5, 5.41) is 0. The Hall–Kier alpha value is 4.30. The standard InChI is InChI=1S/BH2.Co.Cr.Pt.Re.Ta.Y/h1H2;;;;;;/q+1;;;;;-1;. The van der Waals surface area contributed by atoms with E-state index in [0.717, 1.165) is 0 Å². The van der Waals surface area contributed by atoms with Crippen LogP contribution in [0.3, 0.4) is 0 Å². The maximum atomic E-state index is 2.33. The van der Waals surface area contributed by atoms with E-state index in [2.05, 4.69) is 5.93 Å². The Morgan fingerprint density at radius 2 is 1.43 bits per heavy atom. The molecule has 0 aromatic carbocycles. The molecule has 0 fully saturated rings. The predicted octanol–water partition coefficient (Wildman–Crippen LogP) is -0.931. The van der Waals surface area contributed by atoms with E-state index in [9.17, 15) is 0 Å². The van der Waals surface area contributed by atoms with Crippen LogP contribution in [0.15, 0.2) is 0 Å². The Balaban J connectivity index is -0.00000000333. The molecular formula is H2BCoCrPtReTaY. The molecule has 2 radical (unpaired) electrons. The van der Waals surface area contributed by atoms with E-state index in [1.807, 2.05) is 16.0 Å². The first kappa shape index (κ1) is 30.2. The molecule has 0 spiro atoms. The molecule has 0 aliphatic heterocycles. The van der Waals surface area contributed by atoms with E-state index in [4.69, 9.17) is 0 Å². The molecule has 0 heterocycles. The molecule has 0 bridgehead atoms. The summed E-state index contributed by atoms with van der Waals surface area (Å²) in [6, 6.07) is 0. The van der Waals surface area contributed by atoms with Crippen molar-refractivity contribution in [3.63, 3.8) is 0 Å². The summed E-state index contributed by atoms with van der Waals surface area (Å²) in [5.74, 6) is 2.33. The van der Waals surface area contributed by atoms with Crippen molar-refractivity contribution in [2.45, 2.75) is 0 Å². The molecule has 0 aromatic rings. The topological polar surface area (TPSA) is 0 Å². The van der Waals surface area contributed by atoms with Crippen LogP contribution >= 0.6 is 0 Å². The van der Waals surface area contributed by atoms with Gasteiger partial charge in [0.1, 0.15) is 0 Å². The summed E-state index contributed by atoms with van der Waals surface area (Å²) in [4.78, 5) is 0. The maximum absolute atomic E-state index is 2.33. The predicted molar refractivity (Wildman–Crippen MR) is 8.54 cm³/mol. The number of hydrogen-bond donors (Lipinski definition) is 0. The minimum absolute atomic E-state index is 0. The van der Waals surface area contributed by atoms with Gasteiger partial charge < -0.3 is 0 Å². The van der Waals surface area contributed by atoms with Gasteiger partial charge in [-0.05, 0) is 0 Å². The van der Waals surface area contributed by atoms with Crippen molar-refractivity contribution in [1.29, 1.82) is 0 Å². The third-order valence-corrected chi connectivity index (χ3v) is 0. The first-order valence-electron chi connectivity index (χ1n) is 0.616. The molecule has 0 atom stereocenters. The Bertz CT molecular complexity index is 19.7. The van der Waals surface area contributed by atoms with E-state index < -0.39 is 0 Å². The van der Waals surface area contributed by atoms with Crippen molar-refractivity contribution in [1.82, 2.24) is 0 Å². The monoisotopic (exact) mass is 776 g/mol. The van der Waals surface area contributed by atoms with Gasteiger partial charge in [-0.2, -0.15) is 0 Å². The molecule has 0 nitrogen and oxygen atoms in total. The largest absolute Gasteiger partial charge is 0 e. The maximum Gasteiger partial charge on any atom is 0 e. The fourth-order valence-corrected chi connectivity index (χ4v) is 0. The van der Waals surface area contributed by atoms with Gasteiger partial charge in [0.2, 0.25) is 0 Å². The molecule has 0 saturated carbocycles. The van der Waals surface area contributed by atoms with Crippen molar-refractivity contribution in [3.8, 4) is 0 Å². The molecule has 0 rings (SSSR count). The van der Waals surface area contributed by atoms with Crippen LogP contribution in [0.5, 0.6) is 0 Å². The van der Waals surface area contributed by atoms with Gasteiger partial charge >= 0.3 is 38.5 Å². The summed E-state index contributed by atoms with van der Waals surface area (Å²) < 4.78 is 0. The zero-order chi connectivity index (χ0) is 2.71. The second kappa shape index (κ2) is 31.7. The first-order valence-corrected chi connectivity index (χ1v) is 15.0. The van der Waals surface area contributed by atoms with Crippen LogP contribution in [0, 0.1) is 0 Å². The molecule has 0 aliphatic rings. The Labute approximate surface area is 123 Å². The van der Waals surface area contributed by atoms with Crippen LogP contribution in [-0.2, 0) is 120 Å². The molecular weight excluding hydrogens is 773 g/mol. The van der Waals surface area contributed by atoms with Crippen molar-refractivity contribution in [2.24, 2.45) is 0 Å². The van der Waals surface area contributed by atoms with Gasteiger partial charge in [0.25, 0.3) is 0 Å². The zero-order valence-electron chi connectivity index (χ0n) is 3.46. The van der Waals surface area contributed by atoms with Crippen LogP contribution in [0.2, 0.25) is 0 Å². The van der Waals surface area contributed by atoms with E-state index in [0.29, 0.717) is 0 Å². The van der Waals surface area contributed by atoms with Crippen molar-refractivity contribution in [3.05, 3.63) is 0 Å². The Morgan fingerprint density at radius 1 is 1.43 bits per heavy atom. The van der Waals surface area contributed by atoms with E-state index in [-0.39, 0.29) is 105 Å². The smallest absolute Gasteiger partial charge is 0 e. The quantitative estimate of drug-likeness (QED) is 0.280. The third-order valence-electron chi connectivity index (χ3n) is 0. The molecule has 0 unspecified atom stereocenters. The summed E-state index contributed by atoms with van der Waals surface area (Å²) in [6.07, 6.45) is 0. The summed E-state index contributed by atoms with van der Waals surface area (Å²) in [6.45, 7) is 0. The molecule has 0 aromatic heterocycles. The normalized spacial score (nSPS) is 1.86. The molecule has 7 heteroatoms. The van der Waals surface area contributed by atoms with Crippen LogP contribution in [0.1, 0.15) is 0 Å². The van der Waals surface area contributed by atoms with E-state index >= 15 is 0 Å². The van der Waals surface area contributed by atoms with Gasteiger partial charge in [-0.3, -0.25) is 0 Å². The minimum atomic E-state index is 0. The number of hydrogen-bond acceptors (Lipinski definition) is 0. The van der Waals surface area contributed by atoms with Crippen LogP contribution in [0.25, 0.3) is 0 Å². The fourth-order valence-electron chi connectivity index (χ4n) is 0. The Kier molecular flexibility index (Phi) is 137. The summed E-state index contributed by atoms with van der Waals surface area (Å²) in [5.41, 5.74) is 0. The second-order valence-corrected chi connectivity index (χ2v) is 11.3. The van der Waals surface area contributed by atoms with Gasteiger partial charge in [-0.15, -0.1) is 0 Å². The molecule has 0 saturated heterocycles. The number of rotatable bonds is 0. The van der Waals surface area contributed by atoms with Crippen LogP contribution in [0.4, 0.5) is 0 Å². The summed E-state index contributed by atoms with van der Waals surface area (Å²) >= 11 is 2.23. The van der Waals surface area contributed by atoms with Gasteiger partial charge in [0.15, 0.2) is 0 Å². The zero-order valence-corrected chi connectivity index (χ0v) is 16.8. The molecule has 0 aliphatic carbocycles. The van der Waals surface area contributed by atoms with Gasteiger partial charge in [-0.25, -0.2) is 0 Å². The van der Waals surface area contributed by atoms with E-state index in [1.54, 1.807) is 0 Å². The minimum Gasteiger partial charge on any atom is 0 e. The Morgan fingerprint density at radius 3 is 1.43 bits per heavy atom. The van der Waals surface area contributed by atoms with Crippen molar-refractivity contribution >= 4 is 5.93 Å². The average molecular weight is 775 g/mol. The fraction of sp³-hybridized carbons (Fsp3) is 0. The molecule has 7 heavy (non-hydrogen) atoms. The first-order chi connectivity index (χ1) is 1.41. The summed E-state index contributed by atoms with van der Waals surface area (Å²) in [7, 11) is 0. The van der Waals surface area contributed by atoms with E-state index in [1.165, 1.54) is 0 Å². The SMILES string of the molecule is [BH2][Ta][Re].[Co].[Cr].[Pt].[Y]. The van der Waals surface area contributed by atoms with Gasteiger partial charge in [0.05, 0.1) is 0 Å². The van der Waals surface area contributed by atoms with Gasteiger partial charge in [-0.1, -0.05) is 0 Å². The molecule has 0 N–H and O–H groups in total. The van der Waals surface area contributed by atoms with Crippen LogP contribution in [-0.4, -0.2) is 5.93 Å². The molecule has 45 valence electrons. The van der Waals surface area contributed by atoms with Crippen molar-refractivity contribution in [2.75, 3.05) is 0 Å². The van der Waals surface area contributed by atoms with Gasteiger partial charge in [0, 0.05) is 87.9 Å². The second-order valence-electron chi connectivity index (χ2n) is 0.169. The average Bonchev–Trinajstić information content (AvgIpc) is 0.918. The third kappa shape index (κ3) is 38.4. The van der Waals surface area contributed by atoms with Crippen molar-refractivity contribution < 1.29 is 120 Å².